The Morgan fingerprint density at radius 2 is 2.20 bits per heavy atom. The predicted molar refractivity (Wildman–Crippen MR) is 79.9 cm³/mol. The molecular formula is C16H24N2O2. The van der Waals surface area contributed by atoms with Crippen molar-refractivity contribution in [2.45, 2.75) is 33.2 Å². The SMILES string of the molecule is CNC(=O)C(C)(C)CNC(C)c1ccc2c(c1)CCO2. The van der Waals surface area contributed by atoms with Gasteiger partial charge in [-0.15, -0.1) is 0 Å². The van der Waals surface area contributed by atoms with Crippen LogP contribution in [0.1, 0.15) is 37.9 Å². The van der Waals surface area contributed by atoms with E-state index in [0.717, 1.165) is 18.8 Å². The van der Waals surface area contributed by atoms with Gasteiger partial charge >= 0.3 is 0 Å². The van der Waals surface area contributed by atoms with Crippen LogP contribution in [-0.2, 0) is 11.2 Å². The van der Waals surface area contributed by atoms with E-state index in [2.05, 4.69) is 29.7 Å². The molecule has 0 spiro atoms. The molecule has 0 saturated heterocycles. The van der Waals surface area contributed by atoms with Crippen LogP contribution in [0, 0.1) is 5.41 Å². The molecule has 1 aromatic rings. The molecule has 1 atom stereocenters. The third kappa shape index (κ3) is 3.12. The Bertz CT molecular complexity index is 497. The average Bonchev–Trinajstić information content (AvgIpc) is 2.91. The van der Waals surface area contributed by atoms with Gasteiger partial charge in [-0.3, -0.25) is 4.79 Å². The molecule has 1 unspecified atom stereocenters. The second kappa shape index (κ2) is 5.83. The number of carbonyl (C=O) groups is 1. The molecule has 2 rings (SSSR count). The van der Waals surface area contributed by atoms with Crippen molar-refractivity contribution in [3.05, 3.63) is 29.3 Å². The first-order valence-electron chi connectivity index (χ1n) is 7.15. The Morgan fingerprint density at radius 1 is 1.45 bits per heavy atom. The summed E-state index contributed by atoms with van der Waals surface area (Å²) in [4.78, 5) is 11.8. The fourth-order valence-electron chi connectivity index (χ4n) is 2.42. The van der Waals surface area contributed by atoms with Crippen LogP contribution in [0.25, 0.3) is 0 Å². The quantitative estimate of drug-likeness (QED) is 0.865. The maximum Gasteiger partial charge on any atom is 0.226 e. The van der Waals surface area contributed by atoms with Gasteiger partial charge in [0.2, 0.25) is 5.91 Å². The number of benzene rings is 1. The van der Waals surface area contributed by atoms with E-state index in [1.807, 2.05) is 19.9 Å². The van der Waals surface area contributed by atoms with Crippen molar-refractivity contribution in [3.8, 4) is 5.75 Å². The lowest BCUT2D eigenvalue weighted by atomic mass is 9.91. The van der Waals surface area contributed by atoms with Gasteiger partial charge in [0.1, 0.15) is 5.75 Å². The van der Waals surface area contributed by atoms with Gasteiger partial charge in [-0.25, -0.2) is 0 Å². The molecule has 0 fully saturated rings. The highest BCUT2D eigenvalue weighted by Gasteiger charge is 2.27. The number of fused-ring (bicyclic) bond motifs is 1. The van der Waals surface area contributed by atoms with Crippen molar-refractivity contribution in [1.29, 1.82) is 0 Å². The Balaban J connectivity index is 1.98. The summed E-state index contributed by atoms with van der Waals surface area (Å²) in [6, 6.07) is 6.55. The summed E-state index contributed by atoms with van der Waals surface area (Å²) >= 11 is 0. The number of rotatable bonds is 5. The number of amides is 1. The van der Waals surface area contributed by atoms with E-state index in [1.54, 1.807) is 7.05 Å². The van der Waals surface area contributed by atoms with Crippen LogP contribution < -0.4 is 15.4 Å². The highest BCUT2D eigenvalue weighted by atomic mass is 16.5. The largest absolute Gasteiger partial charge is 0.493 e. The van der Waals surface area contributed by atoms with Crippen molar-refractivity contribution >= 4 is 5.91 Å². The summed E-state index contributed by atoms with van der Waals surface area (Å²) in [5, 5.41) is 6.15. The highest BCUT2D eigenvalue weighted by Crippen LogP contribution is 2.28. The second-order valence-electron chi connectivity index (χ2n) is 6.03. The minimum atomic E-state index is -0.414. The molecule has 1 heterocycles. The van der Waals surface area contributed by atoms with E-state index in [0.29, 0.717) is 6.54 Å². The van der Waals surface area contributed by atoms with E-state index < -0.39 is 5.41 Å². The molecule has 1 amide bonds. The molecule has 0 aromatic heterocycles. The van der Waals surface area contributed by atoms with Crippen molar-refractivity contribution in [2.75, 3.05) is 20.2 Å². The lowest BCUT2D eigenvalue weighted by Gasteiger charge is -2.25. The number of hydrogen-bond donors (Lipinski definition) is 2. The molecule has 0 radical (unpaired) electrons. The van der Waals surface area contributed by atoms with E-state index in [4.69, 9.17) is 4.74 Å². The lowest BCUT2D eigenvalue weighted by Crippen LogP contribution is -2.42. The van der Waals surface area contributed by atoms with Crippen LogP contribution >= 0.6 is 0 Å². The number of ether oxygens (including phenoxy) is 1. The van der Waals surface area contributed by atoms with Gasteiger partial charge in [0.15, 0.2) is 0 Å². The fourth-order valence-corrected chi connectivity index (χ4v) is 2.42. The summed E-state index contributed by atoms with van der Waals surface area (Å²) < 4.78 is 5.52. The van der Waals surface area contributed by atoms with Crippen molar-refractivity contribution < 1.29 is 9.53 Å². The maximum absolute atomic E-state index is 11.8. The van der Waals surface area contributed by atoms with Gasteiger partial charge in [-0.05, 0) is 38.0 Å². The van der Waals surface area contributed by atoms with Crippen LogP contribution in [0.2, 0.25) is 0 Å². The Labute approximate surface area is 120 Å². The molecule has 20 heavy (non-hydrogen) atoms. The van der Waals surface area contributed by atoms with E-state index in [1.165, 1.54) is 11.1 Å². The van der Waals surface area contributed by atoms with Crippen molar-refractivity contribution in [2.24, 2.45) is 5.41 Å². The summed E-state index contributed by atoms with van der Waals surface area (Å²) in [7, 11) is 1.67. The van der Waals surface area contributed by atoms with E-state index >= 15 is 0 Å². The summed E-state index contributed by atoms with van der Waals surface area (Å²) in [5.41, 5.74) is 2.10. The summed E-state index contributed by atoms with van der Waals surface area (Å²) in [6.07, 6.45) is 0.986. The van der Waals surface area contributed by atoms with Crippen molar-refractivity contribution in [3.63, 3.8) is 0 Å². The minimum absolute atomic E-state index is 0.0551. The second-order valence-corrected chi connectivity index (χ2v) is 6.03. The molecule has 2 N–H and O–H groups in total. The van der Waals surface area contributed by atoms with Crippen molar-refractivity contribution in [1.82, 2.24) is 10.6 Å². The minimum Gasteiger partial charge on any atom is -0.493 e. The van der Waals surface area contributed by atoms with Crippen LogP contribution in [0.3, 0.4) is 0 Å². The zero-order valence-electron chi connectivity index (χ0n) is 12.7. The van der Waals surface area contributed by atoms with Gasteiger partial charge in [-0.1, -0.05) is 12.1 Å². The summed E-state index contributed by atoms with van der Waals surface area (Å²) in [5.74, 6) is 1.06. The molecule has 1 aliphatic rings. The molecule has 1 aromatic carbocycles. The molecule has 110 valence electrons. The maximum atomic E-state index is 11.8. The molecule has 4 nitrogen and oxygen atoms in total. The van der Waals surface area contributed by atoms with Crippen LogP contribution in [0.5, 0.6) is 5.75 Å². The van der Waals surface area contributed by atoms with E-state index in [-0.39, 0.29) is 11.9 Å². The zero-order chi connectivity index (χ0) is 14.8. The first kappa shape index (κ1) is 14.9. The molecule has 0 saturated carbocycles. The zero-order valence-corrected chi connectivity index (χ0v) is 12.7. The molecule has 0 bridgehead atoms. The third-order valence-corrected chi connectivity index (χ3v) is 3.91. The molecule has 1 aliphatic heterocycles. The van der Waals surface area contributed by atoms with Gasteiger partial charge in [-0.2, -0.15) is 0 Å². The highest BCUT2D eigenvalue weighted by molar-refractivity contribution is 5.81. The topological polar surface area (TPSA) is 50.4 Å². The Hall–Kier alpha value is -1.55. The van der Waals surface area contributed by atoms with Gasteiger partial charge < -0.3 is 15.4 Å². The molecule has 0 aliphatic carbocycles. The Morgan fingerprint density at radius 3 is 2.90 bits per heavy atom. The monoisotopic (exact) mass is 276 g/mol. The average molecular weight is 276 g/mol. The van der Waals surface area contributed by atoms with Gasteiger partial charge in [0.25, 0.3) is 0 Å². The van der Waals surface area contributed by atoms with E-state index in [9.17, 15) is 4.79 Å². The number of nitrogens with one attached hydrogen (secondary N) is 2. The Kier molecular flexibility index (Phi) is 4.33. The summed E-state index contributed by atoms with van der Waals surface area (Å²) in [6.45, 7) is 7.44. The van der Waals surface area contributed by atoms with Crippen LogP contribution in [0.15, 0.2) is 18.2 Å². The number of hydrogen-bond acceptors (Lipinski definition) is 3. The van der Waals surface area contributed by atoms with Crippen LogP contribution in [-0.4, -0.2) is 26.1 Å². The first-order chi connectivity index (χ1) is 9.44. The lowest BCUT2D eigenvalue weighted by molar-refractivity contribution is -0.128. The number of carbonyl (C=O) groups excluding carboxylic acids is 1. The molecule has 4 heteroatoms. The van der Waals surface area contributed by atoms with Gasteiger partial charge in [0.05, 0.1) is 12.0 Å². The smallest absolute Gasteiger partial charge is 0.226 e. The first-order valence-corrected chi connectivity index (χ1v) is 7.15. The third-order valence-electron chi connectivity index (χ3n) is 3.91. The predicted octanol–water partition coefficient (Wildman–Crippen LogP) is 2.04. The fraction of sp³-hybridized carbons (Fsp3) is 0.562. The standard InChI is InChI=1S/C16H24N2O2/c1-11(18-10-16(2,3)15(19)17-4)12-5-6-14-13(9-12)7-8-20-14/h5-6,9,11,18H,7-8,10H2,1-4H3,(H,17,19). The van der Waals surface area contributed by atoms with Crippen LogP contribution in [0.4, 0.5) is 0 Å². The molecular weight excluding hydrogens is 252 g/mol. The normalized spacial score (nSPS) is 15.4. The van der Waals surface area contributed by atoms with Gasteiger partial charge in [0, 0.05) is 26.1 Å².